The van der Waals surface area contributed by atoms with Crippen molar-refractivity contribution in [3.05, 3.63) is 54.5 Å². The summed E-state index contributed by atoms with van der Waals surface area (Å²) in [7, 11) is -2.03. The van der Waals surface area contributed by atoms with Crippen LogP contribution in [0.1, 0.15) is 5.48 Å². The van der Waals surface area contributed by atoms with Gasteiger partial charge in [-0.1, -0.05) is 54.5 Å². The van der Waals surface area contributed by atoms with Gasteiger partial charge in [0.2, 0.25) is 0 Å². The summed E-state index contributed by atoms with van der Waals surface area (Å²) in [6.07, 6.45) is 0. The summed E-state index contributed by atoms with van der Waals surface area (Å²) in [5, 5.41) is 18.3. The molecule has 0 unspecified atom stereocenters. The Morgan fingerprint density at radius 3 is 2.00 bits per heavy atom. The smallest absolute Gasteiger partial charge is 0.423 e. The van der Waals surface area contributed by atoms with E-state index in [4.69, 9.17) is 15.5 Å². The fraction of sp³-hybridized carbons (Fsp3) is 0. The first kappa shape index (κ1) is 6.11. The van der Waals surface area contributed by atoms with E-state index in [0.29, 0.717) is 5.56 Å². The highest BCUT2D eigenvalue weighted by Crippen LogP contribution is 2.16. The van der Waals surface area contributed by atoms with E-state index in [1.165, 1.54) is 0 Å². The first-order valence-corrected chi connectivity index (χ1v) is 4.47. The average Bonchev–Trinajstić information content (AvgIpc) is 2.38. The van der Waals surface area contributed by atoms with Crippen LogP contribution in [0.4, 0.5) is 0 Å². The zero-order valence-corrected chi connectivity index (χ0v) is 7.86. The van der Waals surface area contributed by atoms with E-state index in [-0.39, 0.29) is 17.6 Å². The molecule has 0 aliphatic rings. The first-order valence-electron chi connectivity index (χ1n) is 6.47. The summed E-state index contributed by atoms with van der Waals surface area (Å²) in [6.45, 7) is 0. The van der Waals surface area contributed by atoms with Crippen molar-refractivity contribution >= 4 is 12.6 Å². The molecule has 74 valence electrons. The van der Waals surface area contributed by atoms with Gasteiger partial charge in [0, 0.05) is 0 Å². The van der Waals surface area contributed by atoms with Gasteiger partial charge in [-0.3, -0.25) is 0 Å². The van der Waals surface area contributed by atoms with Gasteiger partial charge in [0.1, 0.15) is 0 Å². The first-order chi connectivity index (χ1) is 8.95. The van der Waals surface area contributed by atoms with Crippen LogP contribution in [0.2, 0.25) is 0 Å². The largest absolute Gasteiger partial charge is 0.488 e. The lowest BCUT2D eigenvalue weighted by atomic mass is 9.80. The van der Waals surface area contributed by atoms with Crippen molar-refractivity contribution in [2.24, 2.45) is 0 Å². The van der Waals surface area contributed by atoms with Crippen LogP contribution < -0.4 is 5.46 Å². The van der Waals surface area contributed by atoms with E-state index in [9.17, 15) is 0 Å². The lowest BCUT2D eigenvalue weighted by molar-refractivity contribution is 0.426. The third-order valence-corrected chi connectivity index (χ3v) is 1.97. The van der Waals surface area contributed by atoms with Gasteiger partial charge in [-0.15, -0.1) is 0 Å². The second-order valence-electron chi connectivity index (χ2n) is 3.03. The lowest BCUT2D eigenvalue weighted by Gasteiger charge is -2.03. The topological polar surface area (TPSA) is 40.5 Å². The SMILES string of the molecule is [2H]c1c([2H])c(-c2ccccc2)c([2H])c([2H])c1B(O)O. The monoisotopic (exact) mass is 202 g/mol. The van der Waals surface area contributed by atoms with Crippen LogP contribution in [0, 0.1) is 0 Å². The highest BCUT2D eigenvalue weighted by atomic mass is 16.4. The Morgan fingerprint density at radius 2 is 1.47 bits per heavy atom. The van der Waals surface area contributed by atoms with Crippen molar-refractivity contribution < 1.29 is 15.5 Å². The second-order valence-corrected chi connectivity index (χ2v) is 3.03. The molecule has 0 radical (unpaired) electrons. The van der Waals surface area contributed by atoms with Crippen molar-refractivity contribution in [2.45, 2.75) is 0 Å². The molecule has 0 heterocycles. The van der Waals surface area contributed by atoms with Crippen molar-refractivity contribution in [1.29, 1.82) is 0 Å². The van der Waals surface area contributed by atoms with E-state index < -0.39 is 24.7 Å². The van der Waals surface area contributed by atoms with Crippen molar-refractivity contribution in [2.75, 3.05) is 0 Å². The Balaban J connectivity index is 2.79. The molecule has 0 saturated heterocycles. The van der Waals surface area contributed by atoms with Crippen LogP contribution in [-0.4, -0.2) is 17.2 Å². The molecule has 2 rings (SSSR count). The molecule has 2 nitrogen and oxygen atoms in total. The molecule has 0 aliphatic carbocycles. The van der Waals surface area contributed by atoms with Crippen LogP contribution in [0.25, 0.3) is 11.1 Å². The number of hydrogen-bond donors (Lipinski definition) is 2. The van der Waals surface area contributed by atoms with Gasteiger partial charge < -0.3 is 10.0 Å². The molecule has 0 aliphatic heterocycles. The minimum Gasteiger partial charge on any atom is -0.423 e. The van der Waals surface area contributed by atoms with Crippen LogP contribution in [0.3, 0.4) is 0 Å². The summed E-state index contributed by atoms with van der Waals surface area (Å²) in [5.41, 5.74) is 0.299. The average molecular weight is 202 g/mol. The third kappa shape index (κ3) is 2.26. The predicted octanol–water partition coefficient (Wildman–Crippen LogP) is 1.03. The Bertz CT molecular complexity index is 588. The van der Waals surface area contributed by atoms with Crippen molar-refractivity contribution in [3.63, 3.8) is 0 Å². The number of rotatable bonds is 2. The molecule has 0 saturated carbocycles. The summed E-state index contributed by atoms with van der Waals surface area (Å²) in [6, 6.07) is 7.17. The highest BCUT2D eigenvalue weighted by Gasteiger charge is 2.09. The quantitative estimate of drug-likeness (QED) is 0.714. The van der Waals surface area contributed by atoms with E-state index in [1.54, 1.807) is 30.3 Å². The Hall–Kier alpha value is -1.58. The zero-order chi connectivity index (χ0) is 14.2. The predicted molar refractivity (Wildman–Crippen MR) is 61.7 cm³/mol. The minimum atomic E-state index is -2.03. The lowest BCUT2D eigenvalue weighted by Crippen LogP contribution is -2.29. The molecule has 2 aromatic carbocycles. The molecule has 2 aromatic rings. The standard InChI is InChI=1S/C12H11BO2/c14-13(15)12-8-6-11(7-9-12)10-4-2-1-3-5-10/h1-9,14-15H/i6D,7D,8D,9D. The van der Waals surface area contributed by atoms with Gasteiger partial charge in [0.15, 0.2) is 0 Å². The van der Waals surface area contributed by atoms with Gasteiger partial charge in [0.05, 0.1) is 5.48 Å². The van der Waals surface area contributed by atoms with Gasteiger partial charge in [-0.2, -0.15) is 0 Å². The third-order valence-electron chi connectivity index (χ3n) is 1.97. The zero-order valence-electron chi connectivity index (χ0n) is 11.9. The maximum absolute atomic E-state index is 9.14. The Morgan fingerprint density at radius 1 is 0.867 bits per heavy atom. The van der Waals surface area contributed by atoms with Crippen molar-refractivity contribution in [3.8, 4) is 11.1 Å². The normalized spacial score (nSPS) is 13.7. The van der Waals surface area contributed by atoms with E-state index >= 15 is 0 Å². The summed E-state index contributed by atoms with van der Waals surface area (Å²) >= 11 is 0. The molecule has 0 fully saturated rings. The van der Waals surface area contributed by atoms with Crippen LogP contribution in [0.5, 0.6) is 0 Å². The molecule has 2 N–H and O–H groups in total. The fourth-order valence-corrected chi connectivity index (χ4v) is 1.20. The maximum Gasteiger partial charge on any atom is 0.488 e. The number of hydrogen-bond acceptors (Lipinski definition) is 2. The Labute approximate surface area is 94.6 Å². The van der Waals surface area contributed by atoms with Crippen LogP contribution in [0.15, 0.2) is 54.5 Å². The summed E-state index contributed by atoms with van der Waals surface area (Å²) < 4.78 is 31.3. The molecular weight excluding hydrogens is 187 g/mol. The van der Waals surface area contributed by atoms with Crippen LogP contribution in [-0.2, 0) is 0 Å². The van der Waals surface area contributed by atoms with Gasteiger partial charge in [-0.05, 0) is 16.6 Å². The van der Waals surface area contributed by atoms with E-state index in [2.05, 4.69) is 0 Å². The summed E-state index contributed by atoms with van der Waals surface area (Å²) in [4.78, 5) is 0. The molecular formula is C12H11BO2. The van der Waals surface area contributed by atoms with Crippen LogP contribution >= 0.6 is 0 Å². The van der Waals surface area contributed by atoms with Gasteiger partial charge in [-0.25, -0.2) is 0 Å². The molecule has 0 amide bonds. The molecule has 0 aromatic heterocycles. The summed E-state index contributed by atoms with van der Waals surface area (Å²) in [5.74, 6) is 0. The molecule has 0 atom stereocenters. The maximum atomic E-state index is 9.14. The minimum absolute atomic E-state index is 0.153. The molecule has 3 heteroatoms. The number of benzene rings is 2. The molecule has 0 spiro atoms. The second kappa shape index (κ2) is 4.30. The molecule has 15 heavy (non-hydrogen) atoms. The van der Waals surface area contributed by atoms with E-state index in [0.717, 1.165) is 0 Å². The molecule has 0 bridgehead atoms. The highest BCUT2D eigenvalue weighted by molar-refractivity contribution is 6.58. The van der Waals surface area contributed by atoms with Gasteiger partial charge in [0.25, 0.3) is 0 Å². The fourth-order valence-electron chi connectivity index (χ4n) is 1.20. The van der Waals surface area contributed by atoms with E-state index in [1.807, 2.05) is 0 Å². The van der Waals surface area contributed by atoms with Crippen molar-refractivity contribution in [1.82, 2.24) is 0 Å². The Kier molecular flexibility index (Phi) is 1.75. The van der Waals surface area contributed by atoms with Gasteiger partial charge >= 0.3 is 7.12 Å².